The first kappa shape index (κ1) is 13.9. The van der Waals surface area contributed by atoms with Gasteiger partial charge in [0.25, 0.3) is 5.91 Å². The SMILES string of the molecule is CC(C)(O)C1CCCN1C(=O)c1ccc(F)cc1F. The van der Waals surface area contributed by atoms with E-state index in [9.17, 15) is 18.7 Å². The molecule has 0 saturated carbocycles. The normalized spacial score (nSPS) is 19.8. The highest BCUT2D eigenvalue weighted by atomic mass is 19.1. The number of hydrogen-bond acceptors (Lipinski definition) is 2. The molecule has 1 saturated heterocycles. The lowest BCUT2D eigenvalue weighted by Gasteiger charge is -2.33. The molecule has 5 heteroatoms. The number of amides is 1. The van der Waals surface area contributed by atoms with Crippen molar-refractivity contribution in [2.45, 2.75) is 38.3 Å². The van der Waals surface area contributed by atoms with Crippen molar-refractivity contribution in [1.82, 2.24) is 4.90 Å². The zero-order valence-corrected chi connectivity index (χ0v) is 11.0. The molecule has 0 aromatic heterocycles. The van der Waals surface area contributed by atoms with Crippen LogP contribution >= 0.6 is 0 Å². The molecule has 0 aliphatic carbocycles. The summed E-state index contributed by atoms with van der Waals surface area (Å²) in [6.45, 7) is 3.73. The van der Waals surface area contributed by atoms with Crippen LogP contribution in [0.15, 0.2) is 18.2 Å². The molecule has 1 aliphatic heterocycles. The van der Waals surface area contributed by atoms with Gasteiger partial charge in [0.05, 0.1) is 17.2 Å². The number of rotatable bonds is 2. The van der Waals surface area contributed by atoms with Crippen LogP contribution in [0.5, 0.6) is 0 Å². The molecule has 1 aromatic carbocycles. The van der Waals surface area contributed by atoms with Gasteiger partial charge in [-0.05, 0) is 38.8 Å². The number of hydrogen-bond donors (Lipinski definition) is 1. The largest absolute Gasteiger partial charge is 0.388 e. The summed E-state index contributed by atoms with van der Waals surface area (Å²) in [6, 6.07) is 2.56. The highest BCUT2D eigenvalue weighted by molar-refractivity contribution is 5.95. The Morgan fingerprint density at radius 2 is 2.11 bits per heavy atom. The zero-order valence-electron chi connectivity index (χ0n) is 11.0. The average molecular weight is 269 g/mol. The molecule has 1 aromatic rings. The van der Waals surface area contributed by atoms with E-state index in [1.165, 1.54) is 4.90 Å². The van der Waals surface area contributed by atoms with Crippen molar-refractivity contribution in [3.8, 4) is 0 Å². The van der Waals surface area contributed by atoms with Gasteiger partial charge in [0.15, 0.2) is 0 Å². The molecule has 1 amide bonds. The minimum absolute atomic E-state index is 0.155. The van der Waals surface area contributed by atoms with E-state index in [2.05, 4.69) is 0 Å². The van der Waals surface area contributed by atoms with Crippen molar-refractivity contribution in [3.05, 3.63) is 35.4 Å². The molecule has 3 nitrogen and oxygen atoms in total. The molecule has 0 radical (unpaired) electrons. The van der Waals surface area contributed by atoms with Crippen LogP contribution in [0.2, 0.25) is 0 Å². The van der Waals surface area contributed by atoms with Crippen LogP contribution < -0.4 is 0 Å². The van der Waals surface area contributed by atoms with Crippen LogP contribution in [-0.2, 0) is 0 Å². The second kappa shape index (κ2) is 4.89. The smallest absolute Gasteiger partial charge is 0.257 e. The van der Waals surface area contributed by atoms with Gasteiger partial charge in [-0.3, -0.25) is 4.79 Å². The average Bonchev–Trinajstić information content (AvgIpc) is 2.76. The van der Waals surface area contributed by atoms with E-state index in [4.69, 9.17) is 0 Å². The third-order valence-corrected chi connectivity index (χ3v) is 3.49. The summed E-state index contributed by atoms with van der Waals surface area (Å²) in [5, 5.41) is 10.0. The Kier molecular flexibility index (Phi) is 3.58. The Morgan fingerprint density at radius 3 is 2.68 bits per heavy atom. The quantitative estimate of drug-likeness (QED) is 0.895. The van der Waals surface area contributed by atoms with Gasteiger partial charge in [0.2, 0.25) is 0 Å². The highest BCUT2D eigenvalue weighted by Crippen LogP contribution is 2.28. The first-order valence-corrected chi connectivity index (χ1v) is 6.29. The lowest BCUT2D eigenvalue weighted by atomic mass is 9.96. The van der Waals surface area contributed by atoms with Crippen molar-refractivity contribution in [3.63, 3.8) is 0 Å². The summed E-state index contributed by atoms with van der Waals surface area (Å²) in [7, 11) is 0. The molecule has 1 N–H and O–H groups in total. The Balaban J connectivity index is 2.28. The zero-order chi connectivity index (χ0) is 14.2. The van der Waals surface area contributed by atoms with Gasteiger partial charge >= 0.3 is 0 Å². The van der Waals surface area contributed by atoms with Crippen LogP contribution in [0.25, 0.3) is 0 Å². The lowest BCUT2D eigenvalue weighted by molar-refractivity contribution is 0.000154. The number of likely N-dealkylation sites (tertiary alicyclic amines) is 1. The number of carbonyl (C=O) groups is 1. The van der Waals surface area contributed by atoms with Crippen LogP contribution in [-0.4, -0.2) is 34.1 Å². The van der Waals surface area contributed by atoms with Crippen LogP contribution in [0, 0.1) is 11.6 Å². The van der Waals surface area contributed by atoms with E-state index in [-0.39, 0.29) is 11.6 Å². The van der Waals surface area contributed by atoms with Crippen molar-refractivity contribution < 1.29 is 18.7 Å². The first-order chi connectivity index (χ1) is 8.80. The maximum atomic E-state index is 13.6. The third-order valence-electron chi connectivity index (χ3n) is 3.49. The fourth-order valence-electron chi connectivity index (χ4n) is 2.56. The Bertz CT molecular complexity index is 497. The second-order valence-corrected chi connectivity index (χ2v) is 5.43. The Labute approximate surface area is 110 Å². The fourth-order valence-corrected chi connectivity index (χ4v) is 2.56. The number of aliphatic hydroxyl groups is 1. The van der Waals surface area contributed by atoms with Crippen LogP contribution in [0.1, 0.15) is 37.0 Å². The molecule has 1 atom stereocenters. The van der Waals surface area contributed by atoms with Gasteiger partial charge in [-0.15, -0.1) is 0 Å². The molecule has 1 unspecified atom stereocenters. The fraction of sp³-hybridized carbons (Fsp3) is 0.500. The van der Waals surface area contributed by atoms with E-state index >= 15 is 0 Å². The maximum absolute atomic E-state index is 13.6. The van der Waals surface area contributed by atoms with E-state index in [1.54, 1.807) is 13.8 Å². The minimum Gasteiger partial charge on any atom is -0.388 e. The lowest BCUT2D eigenvalue weighted by Crippen LogP contribution is -2.48. The summed E-state index contributed by atoms with van der Waals surface area (Å²) >= 11 is 0. The molecule has 1 fully saturated rings. The molecule has 104 valence electrons. The standard InChI is InChI=1S/C14H17F2NO2/c1-14(2,19)12-4-3-7-17(12)13(18)10-6-5-9(15)8-11(10)16/h5-6,8,12,19H,3-4,7H2,1-2H3. The van der Waals surface area contributed by atoms with Crippen molar-refractivity contribution in [1.29, 1.82) is 0 Å². The van der Waals surface area contributed by atoms with Crippen molar-refractivity contribution in [2.24, 2.45) is 0 Å². The van der Waals surface area contributed by atoms with Gasteiger partial charge in [-0.2, -0.15) is 0 Å². The summed E-state index contributed by atoms with van der Waals surface area (Å²) in [5.41, 5.74) is -1.19. The van der Waals surface area contributed by atoms with Gasteiger partial charge < -0.3 is 10.0 Å². The second-order valence-electron chi connectivity index (χ2n) is 5.43. The van der Waals surface area contributed by atoms with E-state index in [0.717, 1.165) is 18.6 Å². The highest BCUT2D eigenvalue weighted by Gasteiger charge is 2.39. The molecule has 0 bridgehead atoms. The molecule has 1 heterocycles. The monoisotopic (exact) mass is 269 g/mol. The van der Waals surface area contributed by atoms with Crippen LogP contribution in [0.3, 0.4) is 0 Å². The number of nitrogens with zero attached hydrogens (tertiary/aromatic N) is 1. The minimum atomic E-state index is -1.04. The molecular formula is C14H17F2NO2. The van der Waals surface area contributed by atoms with Gasteiger partial charge in [-0.1, -0.05) is 0 Å². The topological polar surface area (TPSA) is 40.5 Å². The Morgan fingerprint density at radius 1 is 1.42 bits per heavy atom. The van der Waals surface area contributed by atoms with Crippen molar-refractivity contribution >= 4 is 5.91 Å². The van der Waals surface area contributed by atoms with Gasteiger partial charge in [-0.25, -0.2) is 8.78 Å². The summed E-state index contributed by atoms with van der Waals surface area (Å²) in [5.74, 6) is -2.08. The number of carbonyl (C=O) groups excluding carboxylic acids is 1. The Hall–Kier alpha value is -1.49. The molecule has 19 heavy (non-hydrogen) atoms. The summed E-state index contributed by atoms with van der Waals surface area (Å²) in [6.07, 6.45) is 1.45. The third kappa shape index (κ3) is 2.76. The van der Waals surface area contributed by atoms with Gasteiger partial charge in [0, 0.05) is 12.6 Å². The summed E-state index contributed by atoms with van der Waals surface area (Å²) in [4.78, 5) is 13.8. The van der Waals surface area contributed by atoms with E-state index in [1.807, 2.05) is 0 Å². The van der Waals surface area contributed by atoms with E-state index < -0.39 is 23.1 Å². The molecule has 2 rings (SSSR count). The first-order valence-electron chi connectivity index (χ1n) is 6.29. The molecule has 1 aliphatic rings. The number of halogens is 2. The van der Waals surface area contributed by atoms with Crippen LogP contribution in [0.4, 0.5) is 8.78 Å². The maximum Gasteiger partial charge on any atom is 0.257 e. The molecular weight excluding hydrogens is 252 g/mol. The van der Waals surface area contributed by atoms with Gasteiger partial charge in [0.1, 0.15) is 11.6 Å². The molecule has 0 spiro atoms. The van der Waals surface area contributed by atoms with Crippen molar-refractivity contribution in [2.75, 3.05) is 6.54 Å². The van der Waals surface area contributed by atoms with E-state index in [0.29, 0.717) is 19.0 Å². The summed E-state index contributed by atoms with van der Waals surface area (Å²) < 4.78 is 26.5. The predicted molar refractivity (Wildman–Crippen MR) is 66.7 cm³/mol. The predicted octanol–water partition coefficient (Wildman–Crippen LogP) is 2.34. The number of benzene rings is 1.